The molecular weight excluding hydrogens is 613 g/mol. The number of ether oxygens (including phenoxy) is 1. The Morgan fingerprint density at radius 3 is 2.66 bits per heavy atom. The molecule has 6 rings (SSSR count). The fraction of sp³-hybridized carbons (Fsp3) is 0.250. The van der Waals surface area contributed by atoms with Crippen molar-refractivity contribution < 1.29 is 14.3 Å². The summed E-state index contributed by atoms with van der Waals surface area (Å²) in [6, 6.07) is 18.7. The van der Waals surface area contributed by atoms with E-state index in [9.17, 15) is 14.9 Å². The van der Waals surface area contributed by atoms with Crippen LogP contribution in [0.25, 0.3) is 10.3 Å². The van der Waals surface area contributed by atoms with E-state index in [1.807, 2.05) is 12.1 Å². The lowest BCUT2D eigenvalue weighted by molar-refractivity contribution is -0.117. The van der Waals surface area contributed by atoms with E-state index < -0.39 is 5.41 Å². The van der Waals surface area contributed by atoms with Crippen LogP contribution < -0.4 is 15.4 Å². The van der Waals surface area contributed by atoms with Crippen LogP contribution in [0.5, 0.6) is 11.6 Å². The number of carbonyl (C=O) groups is 2. The van der Waals surface area contributed by atoms with Crippen LogP contribution in [0.3, 0.4) is 0 Å². The van der Waals surface area contributed by atoms with E-state index in [2.05, 4.69) is 49.3 Å². The molecule has 10 heteroatoms. The highest BCUT2D eigenvalue weighted by Crippen LogP contribution is 2.49. The molecule has 0 unspecified atom stereocenters. The third-order valence-corrected chi connectivity index (χ3v) is 8.40. The van der Waals surface area contributed by atoms with Gasteiger partial charge in [-0.25, -0.2) is 9.97 Å². The van der Waals surface area contributed by atoms with E-state index >= 15 is 0 Å². The maximum absolute atomic E-state index is 13.2. The summed E-state index contributed by atoms with van der Waals surface area (Å²) in [5.74, 6) is 0.788. The second-order valence-electron chi connectivity index (χ2n) is 9.50. The zero-order valence-corrected chi connectivity index (χ0v) is 23.1. The summed E-state index contributed by atoms with van der Waals surface area (Å²) >= 11 is 3.55. The second-order valence-corrected chi connectivity index (χ2v) is 11.2. The summed E-state index contributed by atoms with van der Waals surface area (Å²) in [5, 5.41) is 16.0. The zero-order chi connectivity index (χ0) is 26.3. The SMILES string of the molecule is N#CC1(c2cccc(C(=O)Nc3cccc(Oc4ccc5nc(NC(=O)C6CC6)sc5n4)c3)c2CI)CC1. The van der Waals surface area contributed by atoms with Gasteiger partial charge in [0.25, 0.3) is 5.91 Å². The first-order valence-corrected chi connectivity index (χ1v) is 14.6. The van der Waals surface area contributed by atoms with Crippen LogP contribution in [0.2, 0.25) is 0 Å². The highest BCUT2D eigenvalue weighted by Gasteiger charge is 2.46. The van der Waals surface area contributed by atoms with E-state index in [1.165, 1.54) is 11.3 Å². The van der Waals surface area contributed by atoms with Crippen molar-refractivity contribution in [2.75, 3.05) is 10.6 Å². The Morgan fingerprint density at radius 1 is 1.11 bits per heavy atom. The third-order valence-electron chi connectivity index (χ3n) is 6.76. The van der Waals surface area contributed by atoms with Gasteiger partial charge in [0, 0.05) is 33.7 Å². The van der Waals surface area contributed by atoms with Crippen LogP contribution in [0.15, 0.2) is 54.6 Å². The second kappa shape index (κ2) is 9.96. The first-order valence-electron chi connectivity index (χ1n) is 12.3. The molecule has 0 atom stereocenters. The number of nitrogens with one attached hydrogen (secondary N) is 2. The molecule has 2 aromatic heterocycles. The molecule has 2 heterocycles. The first kappa shape index (κ1) is 24.8. The molecule has 0 aliphatic heterocycles. The molecule has 0 radical (unpaired) electrons. The van der Waals surface area contributed by atoms with Crippen LogP contribution in [0.1, 0.15) is 47.2 Å². The normalized spacial score (nSPS) is 15.5. The minimum Gasteiger partial charge on any atom is -0.439 e. The van der Waals surface area contributed by atoms with Crippen molar-refractivity contribution in [2.45, 2.75) is 35.5 Å². The lowest BCUT2D eigenvalue weighted by atomic mass is 9.90. The van der Waals surface area contributed by atoms with Gasteiger partial charge in [-0.1, -0.05) is 52.1 Å². The summed E-state index contributed by atoms with van der Waals surface area (Å²) in [6.07, 6.45) is 3.52. The minimum atomic E-state index is -0.458. The lowest BCUT2D eigenvalue weighted by Gasteiger charge is -2.16. The number of alkyl halides is 1. The van der Waals surface area contributed by atoms with Gasteiger partial charge in [0.05, 0.1) is 11.5 Å². The Morgan fingerprint density at radius 2 is 1.92 bits per heavy atom. The van der Waals surface area contributed by atoms with E-state index in [0.717, 1.165) is 36.8 Å². The van der Waals surface area contributed by atoms with Gasteiger partial charge in [0.2, 0.25) is 11.8 Å². The predicted molar refractivity (Wildman–Crippen MR) is 154 cm³/mol. The summed E-state index contributed by atoms with van der Waals surface area (Å²) in [5.41, 5.74) is 3.26. The molecule has 2 amide bonds. The smallest absolute Gasteiger partial charge is 0.255 e. The Balaban J connectivity index is 1.18. The number of amides is 2. The van der Waals surface area contributed by atoms with Gasteiger partial charge in [-0.3, -0.25) is 9.59 Å². The number of halogens is 1. The topological polar surface area (TPSA) is 117 Å². The zero-order valence-electron chi connectivity index (χ0n) is 20.2. The average molecular weight is 635 g/mol. The van der Waals surface area contributed by atoms with Crippen molar-refractivity contribution in [1.82, 2.24) is 9.97 Å². The molecule has 0 saturated heterocycles. The van der Waals surface area contributed by atoms with Crippen LogP contribution >= 0.6 is 33.9 Å². The van der Waals surface area contributed by atoms with Gasteiger partial charge in [-0.05, 0) is 61.1 Å². The molecule has 190 valence electrons. The number of thiazole rings is 1. The molecule has 2 N–H and O–H groups in total. The molecular formula is C28H22IN5O3S. The summed E-state index contributed by atoms with van der Waals surface area (Å²) in [4.78, 5) is 34.9. The van der Waals surface area contributed by atoms with E-state index in [-0.39, 0.29) is 17.7 Å². The summed E-state index contributed by atoms with van der Waals surface area (Å²) in [7, 11) is 0. The number of fused-ring (bicyclic) bond motifs is 1. The van der Waals surface area contributed by atoms with Gasteiger partial charge < -0.3 is 15.4 Å². The van der Waals surface area contributed by atoms with Crippen LogP contribution in [0, 0.1) is 17.2 Å². The highest BCUT2D eigenvalue weighted by atomic mass is 127. The van der Waals surface area contributed by atoms with Crippen LogP contribution in [0.4, 0.5) is 10.8 Å². The number of aromatic nitrogens is 2. The Labute approximate surface area is 236 Å². The number of hydrogen-bond acceptors (Lipinski definition) is 7. The standard InChI is InChI=1S/C28H22IN5O3S/c29-14-20-19(5-2-6-21(20)28(15-30)11-12-28)25(36)31-17-3-1-4-18(13-17)37-23-10-9-22-26(33-23)38-27(32-22)34-24(35)16-7-8-16/h1-6,9-10,13,16H,7-8,11-12,14H2,(H,31,36)(H,32,34,35). The number of pyridine rings is 1. The Hall–Kier alpha value is -3.56. The number of carbonyl (C=O) groups excluding carboxylic acids is 2. The summed E-state index contributed by atoms with van der Waals surface area (Å²) in [6.45, 7) is 0. The molecule has 2 aromatic carbocycles. The largest absolute Gasteiger partial charge is 0.439 e. The molecule has 8 nitrogen and oxygen atoms in total. The van der Waals surface area contributed by atoms with Gasteiger partial charge in [0.15, 0.2) is 5.13 Å². The Bertz CT molecular complexity index is 1620. The maximum Gasteiger partial charge on any atom is 0.255 e. The number of hydrogen-bond donors (Lipinski definition) is 2. The summed E-state index contributed by atoms with van der Waals surface area (Å²) < 4.78 is 6.62. The molecule has 0 bridgehead atoms. The van der Waals surface area contributed by atoms with E-state index in [1.54, 1.807) is 42.5 Å². The van der Waals surface area contributed by atoms with E-state index in [4.69, 9.17) is 4.74 Å². The van der Waals surface area contributed by atoms with Crippen molar-refractivity contribution in [3.05, 3.63) is 71.3 Å². The number of rotatable bonds is 8. The van der Waals surface area contributed by atoms with Gasteiger partial charge >= 0.3 is 0 Å². The minimum absolute atomic E-state index is 0.00818. The molecule has 2 saturated carbocycles. The predicted octanol–water partition coefficient (Wildman–Crippen LogP) is 6.57. The molecule has 2 aliphatic rings. The van der Waals surface area contributed by atoms with Gasteiger partial charge in [-0.15, -0.1) is 0 Å². The van der Waals surface area contributed by atoms with Gasteiger partial charge in [0.1, 0.15) is 16.1 Å². The Kier molecular flexibility index (Phi) is 6.49. The van der Waals surface area contributed by atoms with Crippen molar-refractivity contribution in [3.8, 4) is 17.7 Å². The average Bonchev–Trinajstić information content (AvgIpc) is 3.85. The quantitative estimate of drug-likeness (QED) is 0.167. The van der Waals surface area contributed by atoms with Crippen LogP contribution in [-0.4, -0.2) is 21.8 Å². The number of nitriles is 1. The fourth-order valence-electron chi connectivity index (χ4n) is 4.38. The lowest BCUT2D eigenvalue weighted by Crippen LogP contribution is -2.17. The first-order chi connectivity index (χ1) is 18.5. The van der Waals surface area contributed by atoms with Crippen molar-refractivity contribution in [1.29, 1.82) is 5.26 Å². The van der Waals surface area contributed by atoms with Crippen molar-refractivity contribution >= 4 is 66.9 Å². The van der Waals surface area contributed by atoms with Crippen LogP contribution in [-0.2, 0) is 14.6 Å². The molecule has 2 aliphatic carbocycles. The fourth-order valence-corrected chi connectivity index (χ4v) is 6.03. The number of anilines is 2. The molecule has 0 spiro atoms. The molecule has 38 heavy (non-hydrogen) atoms. The van der Waals surface area contributed by atoms with E-state index in [0.29, 0.717) is 42.8 Å². The molecule has 4 aromatic rings. The number of nitrogens with zero attached hydrogens (tertiary/aromatic N) is 3. The third kappa shape index (κ3) is 4.96. The maximum atomic E-state index is 13.2. The monoisotopic (exact) mass is 635 g/mol. The highest BCUT2D eigenvalue weighted by molar-refractivity contribution is 14.1. The van der Waals surface area contributed by atoms with Gasteiger partial charge in [-0.2, -0.15) is 5.26 Å². The van der Waals surface area contributed by atoms with Crippen molar-refractivity contribution in [3.63, 3.8) is 0 Å². The number of benzene rings is 2. The van der Waals surface area contributed by atoms with Crippen molar-refractivity contribution in [2.24, 2.45) is 5.92 Å². The molecule has 2 fully saturated rings.